The van der Waals surface area contributed by atoms with E-state index >= 15 is 0 Å². The first-order valence-electron chi connectivity index (χ1n) is 13.4. The zero-order chi connectivity index (χ0) is 26.5. The lowest BCUT2D eigenvalue weighted by molar-refractivity contribution is -0.118. The standard InChI is InChI=1S/C28H38N6O3/c1-17(35)15-32-11-9-20(10-12-32)30-23-13-21(7-8-22(23)26(29)36)34-24-14-28(3,4)33(16-19-5-6-19)27(37)25(24)18(2)31-34/h7-8,13,19-20,30H,5-6,9-12,14-16H2,1-4H3,(H2,29,36). The van der Waals surface area contributed by atoms with Crippen LogP contribution in [0.15, 0.2) is 18.2 Å². The number of aryl methyl sites for hydroxylation is 1. The molecule has 0 unspecified atom stereocenters. The largest absolute Gasteiger partial charge is 0.382 e. The number of fused-ring (bicyclic) bond motifs is 1. The number of piperidine rings is 1. The lowest BCUT2D eigenvalue weighted by atomic mass is 9.87. The first-order chi connectivity index (χ1) is 17.5. The molecule has 0 radical (unpaired) electrons. The smallest absolute Gasteiger partial charge is 0.258 e. The van der Waals surface area contributed by atoms with Gasteiger partial charge in [-0.05, 0) is 77.5 Å². The van der Waals surface area contributed by atoms with Crippen molar-refractivity contribution in [1.82, 2.24) is 19.6 Å². The molecule has 1 aromatic heterocycles. The number of nitrogens with zero attached hydrogens (tertiary/aromatic N) is 4. The highest BCUT2D eigenvalue weighted by Crippen LogP contribution is 2.38. The fourth-order valence-electron chi connectivity index (χ4n) is 5.80. The van der Waals surface area contributed by atoms with Crippen molar-refractivity contribution in [2.24, 2.45) is 11.7 Å². The summed E-state index contributed by atoms with van der Waals surface area (Å²) in [5.41, 5.74) is 9.65. The van der Waals surface area contributed by atoms with E-state index in [0.717, 1.165) is 49.6 Å². The van der Waals surface area contributed by atoms with E-state index in [9.17, 15) is 14.4 Å². The Labute approximate surface area is 218 Å². The molecular weight excluding hydrogens is 468 g/mol. The Morgan fingerprint density at radius 2 is 1.86 bits per heavy atom. The van der Waals surface area contributed by atoms with Gasteiger partial charge in [-0.2, -0.15) is 5.10 Å². The van der Waals surface area contributed by atoms with Crippen LogP contribution in [-0.4, -0.2) is 74.9 Å². The third-order valence-corrected chi connectivity index (χ3v) is 7.99. The summed E-state index contributed by atoms with van der Waals surface area (Å²) in [6.07, 6.45) is 4.83. The first kappa shape index (κ1) is 25.4. The number of nitrogens with two attached hydrogens (primary N) is 1. The molecule has 9 heteroatoms. The number of nitrogens with one attached hydrogen (secondary N) is 1. The van der Waals surface area contributed by atoms with Crippen LogP contribution in [0.5, 0.6) is 0 Å². The summed E-state index contributed by atoms with van der Waals surface area (Å²) >= 11 is 0. The third kappa shape index (κ3) is 5.14. The SMILES string of the molecule is CC(=O)CN1CCC(Nc2cc(-n3nc(C)c4c3CC(C)(C)N(CC3CC3)C4=O)ccc2C(N)=O)CC1. The van der Waals surface area contributed by atoms with E-state index in [-0.39, 0.29) is 23.3 Å². The van der Waals surface area contributed by atoms with Gasteiger partial charge in [0.2, 0.25) is 0 Å². The maximum atomic E-state index is 13.6. The Balaban J connectivity index is 1.43. The van der Waals surface area contributed by atoms with Crippen LogP contribution in [0, 0.1) is 12.8 Å². The first-order valence-corrected chi connectivity index (χ1v) is 13.4. The van der Waals surface area contributed by atoms with Gasteiger partial charge in [0, 0.05) is 43.3 Å². The quantitative estimate of drug-likeness (QED) is 0.569. The topological polar surface area (TPSA) is 114 Å². The van der Waals surface area contributed by atoms with Gasteiger partial charge in [-0.25, -0.2) is 4.68 Å². The summed E-state index contributed by atoms with van der Waals surface area (Å²) in [4.78, 5) is 41.5. The molecule has 3 aliphatic rings. The number of hydrogen-bond acceptors (Lipinski definition) is 6. The van der Waals surface area contributed by atoms with Crippen molar-refractivity contribution in [2.45, 2.75) is 71.4 Å². The summed E-state index contributed by atoms with van der Waals surface area (Å²) in [5, 5.41) is 8.33. The van der Waals surface area contributed by atoms with Crippen molar-refractivity contribution in [3.05, 3.63) is 40.7 Å². The minimum atomic E-state index is -0.492. The van der Waals surface area contributed by atoms with Crippen LogP contribution in [0.2, 0.25) is 0 Å². The molecule has 1 aromatic carbocycles. The zero-order valence-corrected chi connectivity index (χ0v) is 22.3. The number of hydrogen-bond donors (Lipinski definition) is 2. The van der Waals surface area contributed by atoms with Gasteiger partial charge >= 0.3 is 0 Å². The Morgan fingerprint density at radius 3 is 2.49 bits per heavy atom. The van der Waals surface area contributed by atoms with Crippen molar-refractivity contribution in [2.75, 3.05) is 31.5 Å². The third-order valence-electron chi connectivity index (χ3n) is 7.99. The van der Waals surface area contributed by atoms with E-state index in [2.05, 4.69) is 24.1 Å². The molecule has 0 bridgehead atoms. The zero-order valence-electron chi connectivity index (χ0n) is 22.3. The molecule has 2 fully saturated rings. The Kier molecular flexibility index (Phi) is 6.60. The summed E-state index contributed by atoms with van der Waals surface area (Å²) in [6, 6.07) is 5.68. The number of Topliss-reactive ketones (excluding diaryl/α,β-unsaturated/α-hetero) is 1. The monoisotopic (exact) mass is 506 g/mol. The van der Waals surface area contributed by atoms with Crippen LogP contribution in [-0.2, 0) is 11.2 Å². The summed E-state index contributed by atoms with van der Waals surface area (Å²) in [6.45, 7) is 10.7. The van der Waals surface area contributed by atoms with Crippen LogP contribution >= 0.6 is 0 Å². The van der Waals surface area contributed by atoms with E-state index in [0.29, 0.717) is 35.7 Å². The van der Waals surface area contributed by atoms with Gasteiger partial charge in [-0.3, -0.25) is 19.3 Å². The van der Waals surface area contributed by atoms with Crippen molar-refractivity contribution in [1.29, 1.82) is 0 Å². The van der Waals surface area contributed by atoms with Crippen molar-refractivity contribution in [3.8, 4) is 5.69 Å². The highest BCUT2D eigenvalue weighted by atomic mass is 16.2. The number of ketones is 1. The minimum Gasteiger partial charge on any atom is -0.382 e. The van der Waals surface area contributed by atoms with Crippen LogP contribution in [0.4, 0.5) is 5.69 Å². The predicted molar refractivity (Wildman–Crippen MR) is 142 cm³/mol. The molecular formula is C28H38N6O3. The maximum Gasteiger partial charge on any atom is 0.258 e. The normalized spacial score (nSPS) is 20.1. The molecule has 2 amide bonds. The Hall–Kier alpha value is -3.20. The lowest BCUT2D eigenvalue weighted by Gasteiger charge is -2.42. The second-order valence-electron chi connectivity index (χ2n) is 11.7. The molecule has 0 atom stereocenters. The van der Waals surface area contributed by atoms with E-state index in [1.54, 1.807) is 13.0 Å². The van der Waals surface area contributed by atoms with E-state index < -0.39 is 5.91 Å². The molecule has 9 nitrogen and oxygen atoms in total. The Bertz CT molecular complexity index is 1240. The van der Waals surface area contributed by atoms with Crippen molar-refractivity contribution in [3.63, 3.8) is 0 Å². The van der Waals surface area contributed by atoms with Gasteiger partial charge in [0.15, 0.2) is 0 Å². The van der Waals surface area contributed by atoms with Crippen LogP contribution in [0.3, 0.4) is 0 Å². The van der Waals surface area contributed by atoms with Gasteiger partial charge in [0.05, 0.1) is 34.7 Å². The summed E-state index contributed by atoms with van der Waals surface area (Å²) < 4.78 is 1.87. The number of carbonyl (C=O) groups excluding carboxylic acids is 3. The van der Waals surface area contributed by atoms with Crippen molar-refractivity contribution < 1.29 is 14.4 Å². The van der Waals surface area contributed by atoms with E-state index in [1.807, 2.05) is 28.6 Å². The fraction of sp³-hybridized carbons (Fsp3) is 0.571. The molecule has 198 valence electrons. The van der Waals surface area contributed by atoms with Crippen LogP contribution < -0.4 is 11.1 Å². The molecule has 2 aromatic rings. The van der Waals surface area contributed by atoms with E-state index in [1.165, 1.54) is 12.8 Å². The molecule has 0 spiro atoms. The fourth-order valence-corrected chi connectivity index (χ4v) is 5.80. The van der Waals surface area contributed by atoms with Crippen LogP contribution in [0.1, 0.15) is 78.6 Å². The summed E-state index contributed by atoms with van der Waals surface area (Å²) in [7, 11) is 0. The molecule has 1 saturated heterocycles. The molecule has 3 heterocycles. The van der Waals surface area contributed by atoms with Gasteiger partial charge < -0.3 is 16.0 Å². The molecule has 5 rings (SSSR count). The Morgan fingerprint density at radius 1 is 1.16 bits per heavy atom. The molecule has 1 saturated carbocycles. The maximum absolute atomic E-state index is 13.6. The number of carbonyl (C=O) groups is 3. The number of aromatic nitrogens is 2. The molecule has 37 heavy (non-hydrogen) atoms. The lowest BCUT2D eigenvalue weighted by Crippen LogP contribution is -2.53. The van der Waals surface area contributed by atoms with Crippen LogP contribution in [0.25, 0.3) is 5.69 Å². The average Bonchev–Trinajstić information content (AvgIpc) is 3.59. The minimum absolute atomic E-state index is 0.0614. The number of primary amides is 1. The number of likely N-dealkylation sites (tertiary alicyclic amines) is 1. The molecule has 1 aliphatic carbocycles. The summed E-state index contributed by atoms with van der Waals surface area (Å²) in [5.74, 6) is 0.356. The number of benzene rings is 1. The van der Waals surface area contributed by atoms with Gasteiger partial charge in [-0.15, -0.1) is 0 Å². The van der Waals surface area contributed by atoms with Gasteiger partial charge in [-0.1, -0.05) is 0 Å². The molecule has 2 aliphatic heterocycles. The van der Waals surface area contributed by atoms with Gasteiger partial charge in [0.25, 0.3) is 11.8 Å². The second kappa shape index (κ2) is 9.59. The van der Waals surface area contributed by atoms with Crippen molar-refractivity contribution >= 4 is 23.3 Å². The molecule has 3 N–H and O–H groups in total. The van der Waals surface area contributed by atoms with E-state index in [4.69, 9.17) is 10.8 Å². The highest BCUT2D eigenvalue weighted by Gasteiger charge is 2.43. The number of rotatable bonds is 8. The van der Waals surface area contributed by atoms with Gasteiger partial charge in [0.1, 0.15) is 5.78 Å². The number of anilines is 1. The predicted octanol–water partition coefficient (Wildman–Crippen LogP) is 2.93. The number of amides is 2. The average molecular weight is 507 g/mol. The second-order valence-corrected chi connectivity index (χ2v) is 11.7. The highest BCUT2D eigenvalue weighted by molar-refractivity contribution is 6.00.